The highest BCUT2D eigenvalue weighted by molar-refractivity contribution is 5.81. The van der Waals surface area contributed by atoms with E-state index in [0.717, 1.165) is 28.4 Å². The van der Waals surface area contributed by atoms with Gasteiger partial charge in [0.25, 0.3) is 0 Å². The molecule has 2 aromatic carbocycles. The van der Waals surface area contributed by atoms with Crippen molar-refractivity contribution in [1.29, 1.82) is 0 Å². The summed E-state index contributed by atoms with van der Waals surface area (Å²) >= 11 is 0. The van der Waals surface area contributed by atoms with Crippen molar-refractivity contribution < 1.29 is 9.47 Å². The second kappa shape index (κ2) is 7.32. The molecule has 0 bridgehead atoms. The van der Waals surface area contributed by atoms with Crippen molar-refractivity contribution >= 4 is 17.5 Å². The number of rotatable bonds is 5. The summed E-state index contributed by atoms with van der Waals surface area (Å²) in [5.74, 6) is 3.11. The molecule has 0 spiro atoms. The summed E-state index contributed by atoms with van der Waals surface area (Å²) in [5, 5.41) is 18.7. The molecule has 2 aromatic heterocycles. The van der Waals surface area contributed by atoms with Crippen LogP contribution in [0.4, 0.5) is 17.5 Å². The van der Waals surface area contributed by atoms with Crippen LogP contribution in [-0.2, 0) is 6.54 Å². The Kier molecular flexibility index (Phi) is 4.36. The molecule has 4 aromatic rings. The minimum absolute atomic E-state index is 0.474. The van der Waals surface area contributed by atoms with E-state index in [0.29, 0.717) is 29.7 Å². The van der Waals surface area contributed by atoms with Crippen LogP contribution in [0.25, 0.3) is 17.1 Å². The van der Waals surface area contributed by atoms with Gasteiger partial charge in [0.2, 0.25) is 5.95 Å². The van der Waals surface area contributed by atoms with Crippen molar-refractivity contribution in [3.05, 3.63) is 54.2 Å². The number of fused-ring (bicyclic) bond motifs is 5. The van der Waals surface area contributed by atoms with E-state index in [1.807, 2.05) is 42.5 Å². The number of nitrogens with zero attached hydrogens (tertiary/aromatic N) is 6. The molecule has 3 heterocycles. The summed E-state index contributed by atoms with van der Waals surface area (Å²) < 4.78 is 12.3. The predicted octanol–water partition coefficient (Wildman–Crippen LogP) is 2.81. The number of ether oxygens (including phenoxy) is 2. The van der Waals surface area contributed by atoms with Gasteiger partial charge in [-0.05, 0) is 40.3 Å². The van der Waals surface area contributed by atoms with E-state index in [1.54, 1.807) is 25.1 Å². The summed E-state index contributed by atoms with van der Waals surface area (Å²) in [7, 11) is 3.25. The second-order valence-corrected chi connectivity index (χ2v) is 6.59. The highest BCUT2D eigenvalue weighted by Gasteiger charge is 2.23. The standard InChI is InChI=1S/C20H18N8O2/c1-29-13-7-12(8-14(9-13)30-2)10-21-20-22-11-15-18(24-20)23-16-5-3-4-6-17(16)28-19(15)25-26-27-28/h3-9,11H,10H2,1-2H3,(H2,21,22,23,24). The normalized spacial score (nSPS) is 11.4. The third kappa shape index (κ3) is 3.13. The van der Waals surface area contributed by atoms with Gasteiger partial charge in [-0.1, -0.05) is 12.1 Å². The molecule has 1 aliphatic heterocycles. The summed E-state index contributed by atoms with van der Waals surface area (Å²) in [5.41, 5.74) is 3.39. The lowest BCUT2D eigenvalue weighted by Crippen LogP contribution is -2.06. The molecule has 1 aliphatic rings. The summed E-state index contributed by atoms with van der Waals surface area (Å²) in [6.45, 7) is 0.501. The third-order valence-corrected chi connectivity index (χ3v) is 4.75. The molecule has 10 heteroatoms. The Morgan fingerprint density at radius 1 is 1.07 bits per heavy atom. The molecule has 0 saturated heterocycles. The first-order chi connectivity index (χ1) is 14.7. The van der Waals surface area contributed by atoms with Crippen LogP contribution in [0.3, 0.4) is 0 Å². The Bertz CT molecular complexity index is 1200. The largest absolute Gasteiger partial charge is 0.497 e. The number of hydrogen-bond donors (Lipinski definition) is 2. The van der Waals surface area contributed by atoms with Gasteiger partial charge in [-0.3, -0.25) is 0 Å². The van der Waals surface area contributed by atoms with Crippen molar-refractivity contribution in [3.63, 3.8) is 0 Å². The molecule has 5 rings (SSSR count). The van der Waals surface area contributed by atoms with Crippen LogP contribution in [0, 0.1) is 0 Å². The lowest BCUT2D eigenvalue weighted by Gasteiger charge is -2.11. The zero-order valence-electron chi connectivity index (χ0n) is 16.3. The number of benzene rings is 2. The lowest BCUT2D eigenvalue weighted by molar-refractivity contribution is 0.393. The Balaban J connectivity index is 1.46. The van der Waals surface area contributed by atoms with Gasteiger partial charge in [-0.2, -0.15) is 9.67 Å². The molecule has 0 radical (unpaired) electrons. The fraction of sp³-hybridized carbons (Fsp3) is 0.150. The molecule has 0 unspecified atom stereocenters. The molecule has 0 amide bonds. The summed E-state index contributed by atoms with van der Waals surface area (Å²) in [4.78, 5) is 9.09. The van der Waals surface area contributed by atoms with Gasteiger partial charge in [-0.15, -0.1) is 5.10 Å². The third-order valence-electron chi connectivity index (χ3n) is 4.75. The van der Waals surface area contributed by atoms with Gasteiger partial charge >= 0.3 is 0 Å². The second-order valence-electron chi connectivity index (χ2n) is 6.59. The van der Waals surface area contributed by atoms with Gasteiger partial charge < -0.3 is 20.1 Å². The number of methoxy groups -OCH3 is 2. The van der Waals surface area contributed by atoms with Crippen molar-refractivity contribution in [1.82, 2.24) is 30.2 Å². The van der Waals surface area contributed by atoms with Crippen LogP contribution in [0.15, 0.2) is 48.7 Å². The van der Waals surface area contributed by atoms with Gasteiger partial charge in [0, 0.05) is 18.8 Å². The maximum atomic E-state index is 5.33. The van der Waals surface area contributed by atoms with Crippen LogP contribution in [-0.4, -0.2) is 44.4 Å². The molecule has 0 aliphatic carbocycles. The zero-order valence-corrected chi connectivity index (χ0v) is 16.3. The molecular formula is C20H18N8O2. The first-order valence-electron chi connectivity index (χ1n) is 9.23. The predicted molar refractivity (Wildman–Crippen MR) is 110 cm³/mol. The minimum atomic E-state index is 0.474. The number of nitrogens with one attached hydrogen (secondary N) is 2. The SMILES string of the molecule is COc1cc(CNc2ncc3c(n2)Nc2ccccc2-n2nnnc2-3)cc(OC)c1. The highest BCUT2D eigenvalue weighted by Crippen LogP contribution is 2.35. The first kappa shape index (κ1) is 17.9. The molecule has 30 heavy (non-hydrogen) atoms. The van der Waals surface area contributed by atoms with Crippen LogP contribution >= 0.6 is 0 Å². The average molecular weight is 402 g/mol. The number of aromatic nitrogens is 6. The van der Waals surface area contributed by atoms with E-state index >= 15 is 0 Å². The van der Waals surface area contributed by atoms with E-state index in [2.05, 4.69) is 36.1 Å². The monoisotopic (exact) mass is 402 g/mol. The van der Waals surface area contributed by atoms with E-state index in [4.69, 9.17) is 9.47 Å². The van der Waals surface area contributed by atoms with Crippen LogP contribution in [0.5, 0.6) is 11.5 Å². The smallest absolute Gasteiger partial charge is 0.224 e. The van der Waals surface area contributed by atoms with E-state index in [-0.39, 0.29) is 0 Å². The fourth-order valence-corrected chi connectivity index (χ4v) is 3.28. The topological polar surface area (TPSA) is 112 Å². The quantitative estimate of drug-likeness (QED) is 0.458. The molecular weight excluding hydrogens is 384 g/mol. The molecule has 0 atom stereocenters. The van der Waals surface area contributed by atoms with Crippen molar-refractivity contribution in [2.75, 3.05) is 24.9 Å². The van der Waals surface area contributed by atoms with Crippen molar-refractivity contribution in [3.8, 4) is 28.6 Å². The summed E-state index contributed by atoms with van der Waals surface area (Å²) in [6.07, 6.45) is 1.71. The van der Waals surface area contributed by atoms with Crippen molar-refractivity contribution in [2.45, 2.75) is 6.54 Å². The number of anilines is 3. The zero-order chi connectivity index (χ0) is 20.5. The summed E-state index contributed by atoms with van der Waals surface area (Å²) in [6, 6.07) is 13.5. The Labute approximate surface area is 171 Å². The van der Waals surface area contributed by atoms with Gasteiger partial charge in [-0.25, -0.2) is 4.98 Å². The maximum absolute atomic E-state index is 5.33. The average Bonchev–Trinajstić information content (AvgIpc) is 3.22. The molecule has 0 fully saturated rings. The number of tetrazole rings is 1. The van der Waals surface area contributed by atoms with Crippen LogP contribution in [0.1, 0.15) is 5.56 Å². The molecule has 0 saturated carbocycles. The maximum Gasteiger partial charge on any atom is 0.224 e. The van der Waals surface area contributed by atoms with Crippen molar-refractivity contribution in [2.24, 2.45) is 0 Å². The Hall–Kier alpha value is -4.21. The van der Waals surface area contributed by atoms with Crippen LogP contribution < -0.4 is 20.1 Å². The van der Waals surface area contributed by atoms with E-state index < -0.39 is 0 Å². The molecule has 150 valence electrons. The van der Waals surface area contributed by atoms with Crippen LogP contribution in [0.2, 0.25) is 0 Å². The number of para-hydroxylation sites is 2. The first-order valence-corrected chi connectivity index (χ1v) is 9.23. The van der Waals surface area contributed by atoms with Gasteiger partial charge in [0.15, 0.2) is 5.82 Å². The Morgan fingerprint density at radius 2 is 1.87 bits per heavy atom. The Morgan fingerprint density at radius 3 is 2.67 bits per heavy atom. The fourth-order valence-electron chi connectivity index (χ4n) is 3.28. The minimum Gasteiger partial charge on any atom is -0.497 e. The van der Waals surface area contributed by atoms with E-state index in [9.17, 15) is 0 Å². The van der Waals surface area contributed by atoms with Gasteiger partial charge in [0.05, 0.1) is 31.2 Å². The highest BCUT2D eigenvalue weighted by atomic mass is 16.5. The lowest BCUT2D eigenvalue weighted by atomic mass is 10.2. The van der Waals surface area contributed by atoms with Gasteiger partial charge in [0.1, 0.15) is 17.3 Å². The number of hydrogen-bond acceptors (Lipinski definition) is 9. The van der Waals surface area contributed by atoms with E-state index in [1.165, 1.54) is 0 Å². The molecule has 10 nitrogen and oxygen atoms in total. The molecule has 2 N–H and O–H groups in total.